The number of allylic oxidation sites excluding steroid dienone is 2. The van der Waals surface area contributed by atoms with Crippen LogP contribution in [0.25, 0.3) is 16.5 Å². The Morgan fingerprint density at radius 1 is 1.29 bits per heavy atom. The number of aromatic nitrogens is 2. The minimum atomic E-state index is -4.78. The van der Waals surface area contributed by atoms with Crippen molar-refractivity contribution in [2.45, 2.75) is 32.4 Å². The SMILES string of the molecule is CC[C@@]12CCC(=O)C(C(F)(F)F)=C1c1ccc3[nH]ncc3c1C2=O. The number of carbonyl (C=O) groups excluding carboxylic acids is 2. The summed E-state index contributed by atoms with van der Waals surface area (Å²) in [6.07, 6.45) is -3.25. The van der Waals surface area contributed by atoms with Crippen molar-refractivity contribution < 1.29 is 22.8 Å². The van der Waals surface area contributed by atoms with Gasteiger partial charge in [0.1, 0.15) is 5.57 Å². The molecular weight excluding hydrogens is 321 g/mol. The number of hydrogen-bond donors (Lipinski definition) is 1. The molecule has 2 aliphatic carbocycles. The van der Waals surface area contributed by atoms with E-state index < -0.39 is 22.9 Å². The minimum Gasteiger partial charge on any atom is -0.294 e. The van der Waals surface area contributed by atoms with Crippen molar-refractivity contribution in [3.8, 4) is 0 Å². The quantitative estimate of drug-likeness (QED) is 0.862. The van der Waals surface area contributed by atoms with Crippen LogP contribution in [0.2, 0.25) is 0 Å². The number of halogens is 3. The second kappa shape index (κ2) is 4.55. The van der Waals surface area contributed by atoms with E-state index in [1.54, 1.807) is 13.0 Å². The van der Waals surface area contributed by atoms with Crippen LogP contribution in [-0.2, 0) is 4.79 Å². The molecule has 0 aliphatic heterocycles. The molecule has 2 aliphatic rings. The van der Waals surface area contributed by atoms with Gasteiger partial charge in [0.05, 0.1) is 17.1 Å². The molecular formula is C17H13F3N2O2. The Morgan fingerprint density at radius 2 is 2.04 bits per heavy atom. The number of nitrogens with one attached hydrogen (secondary N) is 1. The topological polar surface area (TPSA) is 62.8 Å². The van der Waals surface area contributed by atoms with Crippen LogP contribution in [-0.4, -0.2) is 27.9 Å². The number of hydrogen-bond acceptors (Lipinski definition) is 3. The Morgan fingerprint density at radius 3 is 2.71 bits per heavy atom. The maximum absolute atomic E-state index is 13.6. The summed E-state index contributed by atoms with van der Waals surface area (Å²) in [5, 5.41) is 7.11. The summed E-state index contributed by atoms with van der Waals surface area (Å²) in [6, 6.07) is 3.09. The number of Topliss-reactive ketones (excluding diaryl/α,β-unsaturated/α-hetero) is 2. The van der Waals surface area contributed by atoms with Crippen LogP contribution in [0.1, 0.15) is 42.1 Å². The lowest BCUT2D eigenvalue weighted by atomic mass is 9.67. The summed E-state index contributed by atoms with van der Waals surface area (Å²) >= 11 is 0. The van der Waals surface area contributed by atoms with E-state index in [1.165, 1.54) is 12.3 Å². The van der Waals surface area contributed by atoms with Gasteiger partial charge in [-0.1, -0.05) is 13.0 Å². The number of alkyl halides is 3. The van der Waals surface area contributed by atoms with Gasteiger partial charge in [-0.05, 0) is 30.0 Å². The number of fused-ring (bicyclic) bond motifs is 5. The number of H-pyrrole nitrogens is 1. The molecule has 0 spiro atoms. The van der Waals surface area contributed by atoms with Crippen molar-refractivity contribution in [3.63, 3.8) is 0 Å². The minimum absolute atomic E-state index is 0.115. The fourth-order valence-corrected chi connectivity index (χ4v) is 4.10. The number of aromatic amines is 1. The molecule has 0 radical (unpaired) electrons. The highest BCUT2D eigenvalue weighted by Gasteiger charge is 2.57. The van der Waals surface area contributed by atoms with Crippen LogP contribution in [0.3, 0.4) is 0 Å². The van der Waals surface area contributed by atoms with E-state index in [9.17, 15) is 22.8 Å². The third-order valence-corrected chi connectivity index (χ3v) is 5.23. The Bertz CT molecular complexity index is 939. The summed E-state index contributed by atoms with van der Waals surface area (Å²) in [5.74, 6) is -1.27. The number of benzene rings is 1. The Balaban J connectivity index is 2.17. The smallest absolute Gasteiger partial charge is 0.294 e. The van der Waals surface area contributed by atoms with Crippen LogP contribution < -0.4 is 0 Å². The third kappa shape index (κ3) is 1.67. The van der Waals surface area contributed by atoms with Crippen molar-refractivity contribution in [2.24, 2.45) is 5.41 Å². The molecule has 0 amide bonds. The summed E-state index contributed by atoms with van der Waals surface area (Å²) < 4.78 is 40.8. The highest BCUT2D eigenvalue weighted by Crippen LogP contribution is 2.58. The maximum atomic E-state index is 13.6. The average molecular weight is 334 g/mol. The molecule has 24 heavy (non-hydrogen) atoms. The van der Waals surface area contributed by atoms with Gasteiger partial charge in [0, 0.05) is 17.4 Å². The van der Waals surface area contributed by atoms with Crippen molar-refractivity contribution >= 4 is 28.0 Å². The lowest BCUT2D eigenvalue weighted by molar-refractivity contribution is -0.130. The molecule has 7 heteroatoms. The van der Waals surface area contributed by atoms with E-state index in [2.05, 4.69) is 10.2 Å². The second-order valence-electron chi connectivity index (χ2n) is 6.26. The Labute approximate surface area is 134 Å². The summed E-state index contributed by atoms with van der Waals surface area (Å²) in [4.78, 5) is 25.2. The van der Waals surface area contributed by atoms with Gasteiger partial charge < -0.3 is 0 Å². The standard InChI is InChI=1S/C17H13F3N2O2/c1-2-16-6-5-11(23)14(17(18,19)20)13(16)8-3-4-10-9(7-21-22-10)12(8)15(16)24/h3-4,7H,2,5-6H2,1H3,(H,21,22)/t16-/m1/s1. The fraction of sp³-hybridized carbons (Fsp3) is 0.353. The number of carbonyl (C=O) groups is 2. The first-order chi connectivity index (χ1) is 11.3. The van der Waals surface area contributed by atoms with Crippen LogP contribution in [0, 0.1) is 5.41 Å². The van der Waals surface area contributed by atoms with E-state index in [4.69, 9.17) is 0 Å². The normalized spacial score (nSPS) is 23.8. The molecule has 0 unspecified atom stereocenters. The van der Waals surface area contributed by atoms with E-state index in [0.717, 1.165) is 0 Å². The van der Waals surface area contributed by atoms with Gasteiger partial charge in [0.15, 0.2) is 11.6 Å². The zero-order chi connectivity index (χ0) is 17.3. The number of ketones is 2. The molecule has 0 saturated heterocycles. The molecule has 0 bridgehead atoms. The van der Waals surface area contributed by atoms with Gasteiger partial charge in [-0.25, -0.2) is 0 Å². The first-order valence-electron chi connectivity index (χ1n) is 7.67. The highest BCUT2D eigenvalue weighted by atomic mass is 19.4. The van der Waals surface area contributed by atoms with Gasteiger partial charge in [0.25, 0.3) is 0 Å². The first kappa shape index (κ1) is 15.1. The second-order valence-corrected chi connectivity index (χ2v) is 6.26. The van der Waals surface area contributed by atoms with Crippen molar-refractivity contribution in [2.75, 3.05) is 0 Å². The predicted octanol–water partition coefficient (Wildman–Crippen LogP) is 3.83. The molecule has 1 heterocycles. The molecule has 1 atom stereocenters. The summed E-state index contributed by atoms with van der Waals surface area (Å²) in [6.45, 7) is 1.69. The molecule has 1 aromatic carbocycles. The molecule has 124 valence electrons. The monoisotopic (exact) mass is 334 g/mol. The Kier molecular flexibility index (Phi) is 2.87. The van der Waals surface area contributed by atoms with Crippen molar-refractivity contribution in [1.29, 1.82) is 0 Å². The van der Waals surface area contributed by atoms with Gasteiger partial charge >= 0.3 is 6.18 Å². The van der Waals surface area contributed by atoms with Gasteiger partial charge in [-0.2, -0.15) is 18.3 Å². The maximum Gasteiger partial charge on any atom is 0.420 e. The number of nitrogens with zero attached hydrogens (tertiary/aromatic N) is 1. The van der Waals surface area contributed by atoms with E-state index in [0.29, 0.717) is 10.9 Å². The lowest BCUT2D eigenvalue weighted by Gasteiger charge is -2.34. The summed E-state index contributed by atoms with van der Waals surface area (Å²) in [5.41, 5.74) is -1.52. The van der Waals surface area contributed by atoms with Gasteiger partial charge in [0.2, 0.25) is 0 Å². The van der Waals surface area contributed by atoms with E-state index in [1.807, 2.05) is 0 Å². The Hall–Kier alpha value is -2.44. The molecule has 1 aromatic heterocycles. The molecule has 0 fully saturated rings. The molecule has 1 N–H and O–H groups in total. The molecule has 4 rings (SSSR count). The van der Waals surface area contributed by atoms with Crippen LogP contribution in [0.5, 0.6) is 0 Å². The van der Waals surface area contributed by atoms with E-state index in [-0.39, 0.29) is 41.7 Å². The van der Waals surface area contributed by atoms with Crippen LogP contribution in [0.4, 0.5) is 13.2 Å². The zero-order valence-electron chi connectivity index (χ0n) is 12.8. The van der Waals surface area contributed by atoms with Crippen molar-refractivity contribution in [3.05, 3.63) is 35.0 Å². The highest BCUT2D eigenvalue weighted by molar-refractivity contribution is 6.26. The zero-order valence-corrected chi connectivity index (χ0v) is 12.8. The van der Waals surface area contributed by atoms with Crippen LogP contribution in [0.15, 0.2) is 23.9 Å². The summed E-state index contributed by atoms with van der Waals surface area (Å²) in [7, 11) is 0. The van der Waals surface area contributed by atoms with E-state index >= 15 is 0 Å². The molecule has 0 saturated carbocycles. The third-order valence-electron chi connectivity index (χ3n) is 5.23. The van der Waals surface area contributed by atoms with Crippen LogP contribution >= 0.6 is 0 Å². The largest absolute Gasteiger partial charge is 0.420 e. The average Bonchev–Trinajstić information content (AvgIpc) is 3.08. The van der Waals surface area contributed by atoms with Gasteiger partial charge in [-0.15, -0.1) is 0 Å². The fourth-order valence-electron chi connectivity index (χ4n) is 4.10. The van der Waals surface area contributed by atoms with Crippen molar-refractivity contribution in [1.82, 2.24) is 10.2 Å². The number of rotatable bonds is 1. The predicted molar refractivity (Wildman–Crippen MR) is 80.4 cm³/mol. The van der Waals surface area contributed by atoms with Gasteiger partial charge in [-0.3, -0.25) is 14.7 Å². The molecule has 4 nitrogen and oxygen atoms in total. The first-order valence-corrected chi connectivity index (χ1v) is 7.67. The molecule has 2 aromatic rings. The lowest BCUT2D eigenvalue weighted by Crippen LogP contribution is -2.36.